The number of methoxy groups -OCH3 is 1. The van der Waals surface area contributed by atoms with E-state index in [-0.39, 0.29) is 41.6 Å². The lowest BCUT2D eigenvalue weighted by Crippen LogP contribution is -2.51. The highest BCUT2D eigenvalue weighted by molar-refractivity contribution is 6.02. The van der Waals surface area contributed by atoms with Crippen LogP contribution >= 0.6 is 0 Å². The molecule has 0 saturated carbocycles. The molecule has 0 aliphatic heterocycles. The van der Waals surface area contributed by atoms with Crippen LogP contribution in [0.25, 0.3) is 0 Å². The number of pyridine rings is 1. The predicted octanol–water partition coefficient (Wildman–Crippen LogP) is 5.57. The summed E-state index contributed by atoms with van der Waals surface area (Å²) in [6.07, 6.45) is -3.54. The number of carbonyl (C=O) groups excluding carboxylic acids is 2. The summed E-state index contributed by atoms with van der Waals surface area (Å²) in [5.41, 5.74) is 0.483. The second-order valence-electron chi connectivity index (χ2n) is 9.18. The lowest BCUT2D eigenvalue weighted by Gasteiger charge is -2.31. The van der Waals surface area contributed by atoms with Crippen LogP contribution in [0.1, 0.15) is 56.0 Å². The van der Waals surface area contributed by atoms with E-state index in [0.29, 0.717) is 23.6 Å². The first-order chi connectivity index (χ1) is 17.3. The number of unbranched alkanes of at least 4 members (excludes halogenated alkanes) is 1. The molecule has 1 aromatic carbocycles. The molecule has 0 fully saturated rings. The number of anilines is 1. The Morgan fingerprint density at radius 3 is 2.19 bits per heavy atom. The van der Waals surface area contributed by atoms with Crippen molar-refractivity contribution in [3.05, 3.63) is 58.9 Å². The van der Waals surface area contributed by atoms with Gasteiger partial charge in [-0.2, -0.15) is 13.2 Å². The van der Waals surface area contributed by atoms with Gasteiger partial charge in [0.25, 0.3) is 0 Å². The van der Waals surface area contributed by atoms with Gasteiger partial charge in [0.05, 0.1) is 25.0 Å². The van der Waals surface area contributed by atoms with Crippen molar-refractivity contribution in [3.8, 4) is 0 Å². The lowest BCUT2D eigenvalue weighted by atomic mass is 9.99. The molecule has 0 bridgehead atoms. The first-order valence-corrected chi connectivity index (χ1v) is 11.9. The first kappa shape index (κ1) is 30.1. The number of ether oxygens (including phenoxy) is 1. The Morgan fingerprint density at radius 1 is 1.08 bits per heavy atom. The second kappa shape index (κ2) is 12.9. The number of alkyl halides is 3. The van der Waals surface area contributed by atoms with E-state index in [9.17, 15) is 31.5 Å². The number of nitrogens with one attached hydrogen (secondary N) is 1. The second-order valence-corrected chi connectivity index (χ2v) is 9.18. The number of aryl methyl sites for hydroxylation is 2. The molecule has 1 amide bonds. The zero-order valence-corrected chi connectivity index (χ0v) is 21.5. The number of hydrogen-bond acceptors (Lipinski definition) is 5. The molecule has 2 aromatic rings. The van der Waals surface area contributed by atoms with Crippen molar-refractivity contribution in [2.75, 3.05) is 18.6 Å². The molecule has 2 unspecified atom stereocenters. The fourth-order valence-corrected chi connectivity index (χ4v) is 4.10. The average Bonchev–Trinajstić information content (AvgIpc) is 2.83. The molecule has 0 radical (unpaired) electrons. The predicted molar refractivity (Wildman–Crippen MR) is 129 cm³/mol. The SMILES string of the molecule is COC(=O)C(CCCCNC(c1ccc(F)cn1)C(C)C)N(C(=O)C(F)(F)F)c1cc(C)c(F)c(C)c1. The molecule has 1 heterocycles. The third-order valence-corrected chi connectivity index (χ3v) is 5.95. The van der Waals surface area contributed by atoms with Crippen LogP contribution in [-0.2, 0) is 14.3 Å². The largest absolute Gasteiger partial charge is 0.471 e. The average molecular weight is 530 g/mol. The fraction of sp³-hybridized carbons (Fsp3) is 0.500. The monoisotopic (exact) mass is 529 g/mol. The fourth-order valence-electron chi connectivity index (χ4n) is 4.10. The van der Waals surface area contributed by atoms with Crippen LogP contribution in [-0.4, -0.2) is 42.7 Å². The first-order valence-electron chi connectivity index (χ1n) is 11.9. The number of nitrogens with zero attached hydrogens (tertiary/aromatic N) is 2. The van der Waals surface area contributed by atoms with Crippen molar-refractivity contribution < 1.29 is 36.3 Å². The highest BCUT2D eigenvalue weighted by Gasteiger charge is 2.47. The van der Waals surface area contributed by atoms with Crippen LogP contribution < -0.4 is 10.2 Å². The number of carbonyl (C=O) groups is 2. The Hall–Kier alpha value is -3.08. The lowest BCUT2D eigenvalue weighted by molar-refractivity contribution is -0.172. The molecule has 0 saturated heterocycles. The smallest absolute Gasteiger partial charge is 0.467 e. The van der Waals surface area contributed by atoms with Gasteiger partial charge in [0.2, 0.25) is 0 Å². The summed E-state index contributed by atoms with van der Waals surface area (Å²) in [6, 6.07) is 3.34. The summed E-state index contributed by atoms with van der Waals surface area (Å²) in [5, 5.41) is 3.30. The Kier molecular flexibility index (Phi) is 10.5. The standard InChI is InChI=1S/C26H32F5N3O3/c1-15(2)23(20-10-9-18(27)14-33-20)32-11-7-6-8-21(24(35)37-5)34(25(36)26(29,30)31)19-12-16(3)22(28)17(4)13-19/h9-10,12-15,21,23,32H,6-8,11H2,1-5H3. The summed E-state index contributed by atoms with van der Waals surface area (Å²) >= 11 is 0. The van der Waals surface area contributed by atoms with E-state index < -0.39 is 35.7 Å². The molecular formula is C26H32F5N3O3. The van der Waals surface area contributed by atoms with Gasteiger partial charge in [-0.3, -0.25) is 14.7 Å². The number of halogens is 5. The van der Waals surface area contributed by atoms with E-state index in [1.165, 1.54) is 19.9 Å². The maximum absolute atomic E-state index is 14.1. The van der Waals surface area contributed by atoms with E-state index in [4.69, 9.17) is 4.74 Å². The van der Waals surface area contributed by atoms with Crippen LogP contribution in [0.15, 0.2) is 30.5 Å². The molecule has 11 heteroatoms. The van der Waals surface area contributed by atoms with Gasteiger partial charge in [-0.1, -0.05) is 13.8 Å². The molecule has 6 nitrogen and oxygen atoms in total. The van der Waals surface area contributed by atoms with Crippen molar-refractivity contribution in [2.45, 2.75) is 65.2 Å². The van der Waals surface area contributed by atoms with Crippen molar-refractivity contribution in [2.24, 2.45) is 5.92 Å². The summed E-state index contributed by atoms with van der Waals surface area (Å²) in [4.78, 5) is 29.4. The van der Waals surface area contributed by atoms with E-state index in [1.54, 1.807) is 6.07 Å². The molecule has 1 N–H and O–H groups in total. The molecule has 37 heavy (non-hydrogen) atoms. The van der Waals surface area contributed by atoms with Crippen LogP contribution in [0.2, 0.25) is 0 Å². The van der Waals surface area contributed by atoms with Crippen molar-refractivity contribution >= 4 is 17.6 Å². The van der Waals surface area contributed by atoms with Gasteiger partial charge in [-0.15, -0.1) is 0 Å². The highest BCUT2D eigenvalue weighted by Crippen LogP contribution is 2.30. The summed E-state index contributed by atoms with van der Waals surface area (Å²) in [7, 11) is 1.03. The van der Waals surface area contributed by atoms with Gasteiger partial charge in [-0.25, -0.2) is 13.6 Å². The molecule has 2 atom stereocenters. The topological polar surface area (TPSA) is 71.5 Å². The Balaban J connectivity index is 2.20. The minimum atomic E-state index is -5.27. The van der Waals surface area contributed by atoms with Gasteiger partial charge in [-0.05, 0) is 81.0 Å². The quantitative estimate of drug-likeness (QED) is 0.234. The van der Waals surface area contributed by atoms with Gasteiger partial charge in [0.1, 0.15) is 17.7 Å². The molecular weight excluding hydrogens is 497 g/mol. The van der Waals surface area contributed by atoms with E-state index in [0.717, 1.165) is 25.4 Å². The maximum Gasteiger partial charge on any atom is 0.471 e. The van der Waals surface area contributed by atoms with Crippen LogP contribution in [0.4, 0.5) is 27.6 Å². The Morgan fingerprint density at radius 2 is 1.70 bits per heavy atom. The van der Waals surface area contributed by atoms with Crippen molar-refractivity contribution in [1.29, 1.82) is 0 Å². The summed E-state index contributed by atoms with van der Waals surface area (Å²) in [6.45, 7) is 7.08. The van der Waals surface area contributed by atoms with Gasteiger partial charge < -0.3 is 10.1 Å². The van der Waals surface area contributed by atoms with E-state index in [1.807, 2.05) is 13.8 Å². The molecule has 204 valence electrons. The number of amides is 1. The number of hydrogen-bond donors (Lipinski definition) is 1. The van der Waals surface area contributed by atoms with Crippen molar-refractivity contribution in [1.82, 2.24) is 10.3 Å². The number of benzene rings is 1. The van der Waals surface area contributed by atoms with Gasteiger partial charge >= 0.3 is 18.1 Å². The number of rotatable bonds is 11. The maximum atomic E-state index is 14.1. The minimum absolute atomic E-state index is 0.0388. The zero-order valence-electron chi connectivity index (χ0n) is 21.5. The van der Waals surface area contributed by atoms with E-state index >= 15 is 0 Å². The Labute approximate surface area is 213 Å². The van der Waals surface area contributed by atoms with Crippen LogP contribution in [0.5, 0.6) is 0 Å². The third-order valence-electron chi connectivity index (χ3n) is 5.95. The van der Waals surface area contributed by atoms with Crippen molar-refractivity contribution in [3.63, 3.8) is 0 Å². The summed E-state index contributed by atoms with van der Waals surface area (Å²) < 4.78 is 72.7. The summed E-state index contributed by atoms with van der Waals surface area (Å²) in [5.74, 6) is -4.20. The van der Waals surface area contributed by atoms with Crippen LogP contribution in [0.3, 0.4) is 0 Å². The molecule has 0 aliphatic rings. The highest BCUT2D eigenvalue weighted by atomic mass is 19.4. The molecule has 1 aromatic heterocycles. The van der Waals surface area contributed by atoms with Gasteiger partial charge in [0.15, 0.2) is 0 Å². The Bertz CT molecular complexity index is 1050. The normalized spacial score (nSPS) is 13.4. The van der Waals surface area contributed by atoms with Crippen LogP contribution in [0, 0.1) is 31.4 Å². The van der Waals surface area contributed by atoms with Gasteiger partial charge in [0, 0.05) is 5.69 Å². The van der Waals surface area contributed by atoms with E-state index in [2.05, 4.69) is 10.3 Å². The number of aromatic nitrogens is 1. The molecule has 0 spiro atoms. The molecule has 2 rings (SSSR count). The molecule has 0 aliphatic carbocycles. The minimum Gasteiger partial charge on any atom is -0.467 e. The zero-order chi connectivity index (χ0) is 27.9. The third kappa shape index (κ3) is 7.95. The number of esters is 1.